The van der Waals surface area contributed by atoms with Crippen molar-refractivity contribution in [3.05, 3.63) is 86.5 Å². The molecule has 32 heavy (non-hydrogen) atoms. The largest absolute Gasteiger partial charge is 0.455 e. The summed E-state index contributed by atoms with van der Waals surface area (Å²) in [6.45, 7) is 1.76. The maximum Gasteiger partial charge on any atom is 0.291 e. The van der Waals surface area contributed by atoms with Gasteiger partial charge in [-0.15, -0.1) is 0 Å². The van der Waals surface area contributed by atoms with Gasteiger partial charge in [0.15, 0.2) is 5.76 Å². The van der Waals surface area contributed by atoms with Crippen molar-refractivity contribution in [2.45, 2.75) is 26.2 Å². The molecule has 4 rings (SSSR count). The molecule has 0 spiro atoms. The standard InChI is InChI=1S/C23H18Cl2FN3O3/c1-12-20-17(28-29-22(30)13-5-8-15(26)9-6-13)3-2-4-19(20)32-21(12)23(31)27-18-11-14(24)7-10-16(18)25/h5-11H,2-4H2,1H3,(H,27,31)(H,29,30)/b28-17+. The van der Waals surface area contributed by atoms with Crippen molar-refractivity contribution in [3.63, 3.8) is 0 Å². The lowest BCUT2D eigenvalue weighted by molar-refractivity contribution is 0.0953. The fraction of sp³-hybridized carbons (Fsp3) is 0.174. The summed E-state index contributed by atoms with van der Waals surface area (Å²) in [5.41, 5.74) is 5.10. The molecule has 0 bridgehead atoms. The van der Waals surface area contributed by atoms with E-state index in [0.717, 1.165) is 6.42 Å². The zero-order valence-corrected chi connectivity index (χ0v) is 18.5. The third-order valence-corrected chi connectivity index (χ3v) is 5.67. The summed E-state index contributed by atoms with van der Waals surface area (Å²) in [5, 5.41) is 7.76. The predicted octanol–water partition coefficient (Wildman–Crippen LogP) is 5.76. The number of hydrogen-bond donors (Lipinski definition) is 2. The van der Waals surface area contributed by atoms with Gasteiger partial charge in [-0.25, -0.2) is 9.82 Å². The number of carbonyl (C=O) groups is 2. The van der Waals surface area contributed by atoms with Crippen molar-refractivity contribution >= 4 is 46.4 Å². The molecule has 0 atom stereocenters. The lowest BCUT2D eigenvalue weighted by Crippen LogP contribution is -2.22. The fourth-order valence-corrected chi connectivity index (χ4v) is 3.89. The van der Waals surface area contributed by atoms with Crippen LogP contribution in [0.15, 0.2) is 52.0 Å². The first-order valence-corrected chi connectivity index (χ1v) is 10.6. The smallest absolute Gasteiger partial charge is 0.291 e. The quantitative estimate of drug-likeness (QED) is 0.472. The first-order chi connectivity index (χ1) is 15.3. The molecule has 0 unspecified atom stereocenters. The van der Waals surface area contributed by atoms with Gasteiger partial charge in [0.25, 0.3) is 11.8 Å². The molecule has 2 N–H and O–H groups in total. The van der Waals surface area contributed by atoms with Crippen molar-refractivity contribution in [1.82, 2.24) is 5.43 Å². The highest BCUT2D eigenvalue weighted by molar-refractivity contribution is 6.35. The Labute approximate surface area is 193 Å². The van der Waals surface area contributed by atoms with Gasteiger partial charge in [-0.2, -0.15) is 5.10 Å². The number of anilines is 1. The summed E-state index contributed by atoms with van der Waals surface area (Å²) in [4.78, 5) is 25.2. The van der Waals surface area contributed by atoms with Gasteiger partial charge >= 0.3 is 0 Å². The average Bonchev–Trinajstić information content (AvgIpc) is 3.12. The summed E-state index contributed by atoms with van der Waals surface area (Å²) < 4.78 is 18.9. The highest BCUT2D eigenvalue weighted by atomic mass is 35.5. The Morgan fingerprint density at radius 3 is 2.56 bits per heavy atom. The van der Waals surface area contributed by atoms with E-state index in [1.54, 1.807) is 25.1 Å². The van der Waals surface area contributed by atoms with Crippen LogP contribution in [0.2, 0.25) is 10.0 Å². The zero-order chi connectivity index (χ0) is 22.8. The zero-order valence-electron chi connectivity index (χ0n) is 17.0. The number of carbonyl (C=O) groups excluding carboxylic acids is 2. The molecule has 0 aliphatic heterocycles. The van der Waals surface area contributed by atoms with E-state index in [4.69, 9.17) is 27.6 Å². The average molecular weight is 474 g/mol. The molecule has 1 aliphatic carbocycles. The maximum absolute atomic E-state index is 13.1. The van der Waals surface area contributed by atoms with Crippen molar-refractivity contribution in [1.29, 1.82) is 0 Å². The molecule has 1 heterocycles. The van der Waals surface area contributed by atoms with Gasteiger partial charge in [-0.05, 0) is 62.2 Å². The van der Waals surface area contributed by atoms with E-state index >= 15 is 0 Å². The SMILES string of the molecule is Cc1c(C(=O)Nc2cc(Cl)ccc2Cl)oc2c1/C(=N/NC(=O)c1ccc(F)cc1)CCC2. The first-order valence-electron chi connectivity index (χ1n) is 9.85. The third kappa shape index (κ3) is 4.54. The van der Waals surface area contributed by atoms with Crippen LogP contribution in [0, 0.1) is 12.7 Å². The van der Waals surface area contributed by atoms with Crippen LogP contribution in [-0.2, 0) is 6.42 Å². The van der Waals surface area contributed by atoms with Crippen molar-refractivity contribution in [2.24, 2.45) is 5.10 Å². The van der Waals surface area contributed by atoms with Crippen LogP contribution in [0.5, 0.6) is 0 Å². The molecule has 3 aromatic rings. The number of benzene rings is 2. The molecular formula is C23H18Cl2FN3O3. The summed E-state index contributed by atoms with van der Waals surface area (Å²) in [6, 6.07) is 9.94. The molecule has 0 saturated carbocycles. The molecular weight excluding hydrogens is 456 g/mol. The number of hydrazone groups is 1. The third-order valence-electron chi connectivity index (χ3n) is 5.11. The summed E-state index contributed by atoms with van der Waals surface area (Å²) in [6.07, 6.45) is 2.01. The summed E-state index contributed by atoms with van der Waals surface area (Å²) >= 11 is 12.1. The van der Waals surface area contributed by atoms with E-state index in [1.165, 1.54) is 24.3 Å². The van der Waals surface area contributed by atoms with E-state index in [1.807, 2.05) is 0 Å². The number of fused-ring (bicyclic) bond motifs is 1. The number of rotatable bonds is 4. The Morgan fingerprint density at radius 2 is 1.81 bits per heavy atom. The lowest BCUT2D eigenvalue weighted by Gasteiger charge is -2.13. The Balaban J connectivity index is 1.57. The van der Waals surface area contributed by atoms with Crippen LogP contribution in [0.3, 0.4) is 0 Å². The van der Waals surface area contributed by atoms with E-state index in [-0.39, 0.29) is 11.3 Å². The molecule has 0 fully saturated rings. The topological polar surface area (TPSA) is 83.7 Å². The van der Waals surface area contributed by atoms with Gasteiger partial charge < -0.3 is 9.73 Å². The van der Waals surface area contributed by atoms with E-state index in [0.29, 0.717) is 51.2 Å². The van der Waals surface area contributed by atoms with Gasteiger partial charge in [0, 0.05) is 28.1 Å². The summed E-state index contributed by atoms with van der Waals surface area (Å²) in [5.74, 6) is -0.574. The van der Waals surface area contributed by atoms with Crippen molar-refractivity contribution in [3.8, 4) is 0 Å². The minimum atomic E-state index is -0.462. The highest BCUT2D eigenvalue weighted by Crippen LogP contribution is 2.31. The van der Waals surface area contributed by atoms with Crippen molar-refractivity contribution in [2.75, 3.05) is 5.32 Å². The van der Waals surface area contributed by atoms with Gasteiger partial charge in [0.05, 0.1) is 16.4 Å². The number of nitrogens with one attached hydrogen (secondary N) is 2. The molecule has 1 aromatic heterocycles. The van der Waals surface area contributed by atoms with Crippen LogP contribution in [0.25, 0.3) is 0 Å². The predicted molar refractivity (Wildman–Crippen MR) is 121 cm³/mol. The second kappa shape index (κ2) is 9.14. The molecule has 1 aliphatic rings. The van der Waals surface area contributed by atoms with Gasteiger partial charge in [0.1, 0.15) is 11.6 Å². The normalized spacial score (nSPS) is 14.2. The summed E-state index contributed by atoms with van der Waals surface area (Å²) in [7, 11) is 0. The van der Waals surface area contributed by atoms with E-state index < -0.39 is 17.6 Å². The molecule has 9 heteroatoms. The molecule has 2 aromatic carbocycles. The lowest BCUT2D eigenvalue weighted by atomic mass is 9.93. The Kier molecular flexibility index (Phi) is 6.30. The fourth-order valence-electron chi connectivity index (χ4n) is 3.55. The number of furan rings is 1. The van der Waals surface area contributed by atoms with Crippen LogP contribution >= 0.6 is 23.2 Å². The number of hydrogen-bond acceptors (Lipinski definition) is 4. The number of amides is 2. The van der Waals surface area contributed by atoms with Crippen molar-refractivity contribution < 1.29 is 18.4 Å². The Bertz CT molecular complexity index is 1240. The van der Waals surface area contributed by atoms with Crippen LogP contribution < -0.4 is 10.7 Å². The number of nitrogens with zero attached hydrogens (tertiary/aromatic N) is 1. The molecule has 164 valence electrons. The van der Waals surface area contributed by atoms with Crippen LogP contribution in [0.4, 0.5) is 10.1 Å². The van der Waals surface area contributed by atoms with Crippen LogP contribution in [0.1, 0.15) is 50.6 Å². The molecule has 2 amide bonds. The van der Waals surface area contributed by atoms with Gasteiger partial charge in [0.2, 0.25) is 0 Å². The molecule has 0 radical (unpaired) electrons. The first kappa shape index (κ1) is 22.0. The minimum absolute atomic E-state index is 0.144. The van der Waals surface area contributed by atoms with Gasteiger partial charge in [-0.1, -0.05) is 23.2 Å². The molecule has 6 nitrogen and oxygen atoms in total. The monoisotopic (exact) mass is 473 g/mol. The minimum Gasteiger partial charge on any atom is -0.455 e. The Morgan fingerprint density at radius 1 is 1.06 bits per heavy atom. The number of halogens is 3. The van der Waals surface area contributed by atoms with E-state index in [9.17, 15) is 14.0 Å². The second-order valence-electron chi connectivity index (χ2n) is 7.29. The second-order valence-corrected chi connectivity index (χ2v) is 8.14. The maximum atomic E-state index is 13.1. The molecule has 0 saturated heterocycles. The highest BCUT2D eigenvalue weighted by Gasteiger charge is 2.28. The van der Waals surface area contributed by atoms with E-state index in [2.05, 4.69) is 15.8 Å². The Hall–Kier alpha value is -3.16. The van der Waals surface area contributed by atoms with Gasteiger partial charge in [-0.3, -0.25) is 9.59 Å². The number of aryl methyl sites for hydroxylation is 1. The van der Waals surface area contributed by atoms with Crippen LogP contribution in [-0.4, -0.2) is 17.5 Å².